The van der Waals surface area contributed by atoms with Gasteiger partial charge in [-0.2, -0.15) is 0 Å². The van der Waals surface area contributed by atoms with E-state index < -0.39 is 0 Å². The van der Waals surface area contributed by atoms with Crippen molar-refractivity contribution in [1.82, 2.24) is 0 Å². The van der Waals surface area contributed by atoms with E-state index in [4.69, 9.17) is 5.73 Å². The minimum atomic E-state index is 0.0821. The van der Waals surface area contributed by atoms with Crippen LogP contribution in [0, 0.1) is 0 Å². The van der Waals surface area contributed by atoms with Crippen LogP contribution in [0.5, 0.6) is 5.75 Å². The van der Waals surface area contributed by atoms with Crippen molar-refractivity contribution < 1.29 is 5.11 Å². The quantitative estimate of drug-likeness (QED) is 0.756. The molecule has 1 aromatic rings. The van der Waals surface area contributed by atoms with Crippen LogP contribution < -0.4 is 5.73 Å². The second-order valence-corrected chi connectivity index (χ2v) is 4.63. The SMILES string of the molecule is CC(C)(C)c1ccc(CCN)c(O)c1. The van der Waals surface area contributed by atoms with Gasteiger partial charge in [-0.05, 0) is 35.6 Å². The maximum Gasteiger partial charge on any atom is 0.119 e. The zero-order valence-corrected chi connectivity index (χ0v) is 9.17. The van der Waals surface area contributed by atoms with Crippen molar-refractivity contribution in [3.8, 4) is 5.75 Å². The van der Waals surface area contributed by atoms with E-state index >= 15 is 0 Å². The average Bonchev–Trinajstić information content (AvgIpc) is 2.07. The summed E-state index contributed by atoms with van der Waals surface area (Å²) in [5.41, 5.74) is 7.60. The Balaban J connectivity index is 3.01. The molecule has 0 aliphatic heterocycles. The van der Waals surface area contributed by atoms with E-state index in [1.54, 1.807) is 0 Å². The van der Waals surface area contributed by atoms with E-state index in [0.717, 1.165) is 17.5 Å². The number of phenolic OH excluding ortho intramolecular Hbond substituents is 1. The first kappa shape index (κ1) is 11.1. The molecule has 1 aromatic carbocycles. The summed E-state index contributed by atoms with van der Waals surface area (Å²) in [5.74, 6) is 0.364. The molecule has 1 rings (SSSR count). The lowest BCUT2D eigenvalue weighted by molar-refractivity contribution is 0.464. The van der Waals surface area contributed by atoms with E-state index in [9.17, 15) is 5.11 Å². The summed E-state index contributed by atoms with van der Waals surface area (Å²) in [6.45, 7) is 6.96. The third-order valence-electron chi connectivity index (χ3n) is 2.36. The Kier molecular flexibility index (Phi) is 3.17. The first-order chi connectivity index (χ1) is 6.45. The smallest absolute Gasteiger partial charge is 0.119 e. The number of phenols is 1. The van der Waals surface area contributed by atoms with Crippen molar-refractivity contribution in [1.29, 1.82) is 0 Å². The van der Waals surface area contributed by atoms with Crippen LogP contribution in [0.1, 0.15) is 31.9 Å². The van der Waals surface area contributed by atoms with E-state index in [2.05, 4.69) is 26.8 Å². The molecule has 0 radical (unpaired) electrons. The summed E-state index contributed by atoms with van der Waals surface area (Å²) >= 11 is 0. The summed E-state index contributed by atoms with van der Waals surface area (Å²) in [4.78, 5) is 0. The van der Waals surface area contributed by atoms with E-state index in [0.29, 0.717) is 12.3 Å². The monoisotopic (exact) mass is 193 g/mol. The van der Waals surface area contributed by atoms with Gasteiger partial charge in [0, 0.05) is 0 Å². The first-order valence-electron chi connectivity index (χ1n) is 4.97. The molecule has 0 aliphatic carbocycles. The molecule has 78 valence electrons. The van der Waals surface area contributed by atoms with Gasteiger partial charge in [-0.25, -0.2) is 0 Å². The molecular weight excluding hydrogens is 174 g/mol. The van der Waals surface area contributed by atoms with Gasteiger partial charge in [-0.15, -0.1) is 0 Å². The van der Waals surface area contributed by atoms with Gasteiger partial charge in [-0.3, -0.25) is 0 Å². The Bertz CT molecular complexity index is 313. The third kappa shape index (κ3) is 2.48. The van der Waals surface area contributed by atoms with Gasteiger partial charge in [0.15, 0.2) is 0 Å². The van der Waals surface area contributed by atoms with Crippen LogP contribution in [0.15, 0.2) is 18.2 Å². The highest BCUT2D eigenvalue weighted by atomic mass is 16.3. The molecular formula is C12H19NO. The van der Waals surface area contributed by atoms with Gasteiger partial charge in [0.05, 0.1) is 0 Å². The molecule has 0 aromatic heterocycles. The van der Waals surface area contributed by atoms with Crippen LogP contribution in [0.3, 0.4) is 0 Å². The number of hydrogen-bond acceptors (Lipinski definition) is 2. The van der Waals surface area contributed by atoms with Crippen LogP contribution in [0.4, 0.5) is 0 Å². The van der Waals surface area contributed by atoms with E-state index in [1.165, 1.54) is 0 Å². The van der Waals surface area contributed by atoms with Crippen LogP contribution in [-0.4, -0.2) is 11.7 Å². The fourth-order valence-corrected chi connectivity index (χ4v) is 1.40. The molecule has 0 bridgehead atoms. The summed E-state index contributed by atoms with van der Waals surface area (Å²) in [6.07, 6.45) is 0.732. The lowest BCUT2D eigenvalue weighted by atomic mass is 9.86. The fraction of sp³-hybridized carbons (Fsp3) is 0.500. The van der Waals surface area contributed by atoms with E-state index in [1.807, 2.05) is 12.1 Å². The highest BCUT2D eigenvalue weighted by molar-refractivity contribution is 5.39. The van der Waals surface area contributed by atoms with Gasteiger partial charge >= 0.3 is 0 Å². The highest BCUT2D eigenvalue weighted by Crippen LogP contribution is 2.27. The minimum Gasteiger partial charge on any atom is -0.508 e. The molecule has 0 unspecified atom stereocenters. The van der Waals surface area contributed by atoms with E-state index in [-0.39, 0.29) is 5.41 Å². The Hall–Kier alpha value is -1.02. The van der Waals surface area contributed by atoms with Gasteiger partial charge in [0.25, 0.3) is 0 Å². The van der Waals surface area contributed by atoms with Crippen molar-refractivity contribution in [2.24, 2.45) is 5.73 Å². The zero-order valence-electron chi connectivity index (χ0n) is 9.17. The molecule has 3 N–H and O–H groups in total. The van der Waals surface area contributed by atoms with Gasteiger partial charge in [0.2, 0.25) is 0 Å². The van der Waals surface area contributed by atoms with Crippen LogP contribution >= 0.6 is 0 Å². The summed E-state index contributed by atoms with van der Waals surface area (Å²) in [6, 6.07) is 5.86. The number of nitrogens with two attached hydrogens (primary N) is 1. The van der Waals surface area contributed by atoms with Crippen LogP contribution in [0.25, 0.3) is 0 Å². The fourth-order valence-electron chi connectivity index (χ4n) is 1.40. The van der Waals surface area contributed by atoms with Crippen molar-refractivity contribution in [3.05, 3.63) is 29.3 Å². The standard InChI is InChI=1S/C12H19NO/c1-12(2,3)10-5-4-9(6-7-13)11(14)8-10/h4-5,8,14H,6-7,13H2,1-3H3. The van der Waals surface area contributed by atoms with Crippen molar-refractivity contribution in [2.45, 2.75) is 32.6 Å². The summed E-state index contributed by atoms with van der Waals surface area (Å²) in [5, 5.41) is 9.73. The topological polar surface area (TPSA) is 46.2 Å². The molecule has 0 saturated carbocycles. The Morgan fingerprint density at radius 2 is 1.93 bits per heavy atom. The van der Waals surface area contributed by atoms with Crippen LogP contribution in [0.2, 0.25) is 0 Å². The van der Waals surface area contributed by atoms with Crippen molar-refractivity contribution in [3.63, 3.8) is 0 Å². The Morgan fingerprint density at radius 3 is 2.36 bits per heavy atom. The largest absolute Gasteiger partial charge is 0.508 e. The zero-order chi connectivity index (χ0) is 10.8. The molecule has 0 saturated heterocycles. The minimum absolute atomic E-state index is 0.0821. The molecule has 0 atom stereocenters. The number of aromatic hydroxyl groups is 1. The molecule has 0 amide bonds. The number of rotatable bonds is 2. The molecule has 0 fully saturated rings. The van der Waals surface area contributed by atoms with Crippen LogP contribution in [-0.2, 0) is 11.8 Å². The predicted octanol–water partition coefficient (Wildman–Crippen LogP) is 2.19. The third-order valence-corrected chi connectivity index (χ3v) is 2.36. The number of benzene rings is 1. The molecule has 0 aliphatic rings. The van der Waals surface area contributed by atoms with Crippen molar-refractivity contribution in [2.75, 3.05) is 6.54 Å². The molecule has 0 spiro atoms. The lowest BCUT2D eigenvalue weighted by Gasteiger charge is -2.19. The second kappa shape index (κ2) is 4.01. The molecule has 2 heteroatoms. The highest BCUT2D eigenvalue weighted by Gasteiger charge is 2.14. The molecule has 0 heterocycles. The average molecular weight is 193 g/mol. The predicted molar refractivity (Wildman–Crippen MR) is 59.6 cm³/mol. The lowest BCUT2D eigenvalue weighted by Crippen LogP contribution is -2.11. The molecule has 14 heavy (non-hydrogen) atoms. The van der Waals surface area contributed by atoms with Gasteiger partial charge in [-0.1, -0.05) is 32.9 Å². The summed E-state index contributed by atoms with van der Waals surface area (Å²) in [7, 11) is 0. The summed E-state index contributed by atoms with van der Waals surface area (Å²) < 4.78 is 0. The first-order valence-corrected chi connectivity index (χ1v) is 4.97. The maximum atomic E-state index is 9.73. The Morgan fingerprint density at radius 1 is 1.29 bits per heavy atom. The van der Waals surface area contributed by atoms with Gasteiger partial charge < -0.3 is 10.8 Å². The number of hydrogen-bond donors (Lipinski definition) is 2. The second-order valence-electron chi connectivity index (χ2n) is 4.63. The maximum absolute atomic E-state index is 9.73. The molecule has 2 nitrogen and oxygen atoms in total. The normalized spacial score (nSPS) is 11.7. The van der Waals surface area contributed by atoms with Crippen molar-refractivity contribution >= 4 is 0 Å². The Labute approximate surface area is 85.8 Å². The van der Waals surface area contributed by atoms with Gasteiger partial charge in [0.1, 0.15) is 5.75 Å².